The van der Waals surface area contributed by atoms with Crippen LogP contribution in [-0.2, 0) is 17.8 Å². The third-order valence-electron chi connectivity index (χ3n) is 4.49. The van der Waals surface area contributed by atoms with E-state index < -0.39 is 0 Å². The summed E-state index contributed by atoms with van der Waals surface area (Å²) in [5.74, 6) is -0.210. The van der Waals surface area contributed by atoms with Gasteiger partial charge in [0.25, 0.3) is 5.91 Å². The number of carbonyl (C=O) groups excluding carboxylic acids is 2. The van der Waals surface area contributed by atoms with E-state index in [0.717, 1.165) is 22.4 Å². The number of rotatable bonds is 7. The van der Waals surface area contributed by atoms with Crippen molar-refractivity contribution >= 4 is 11.8 Å². The molecule has 0 spiro atoms. The Morgan fingerprint density at radius 2 is 1.86 bits per heavy atom. The molecule has 2 amide bonds. The van der Waals surface area contributed by atoms with Gasteiger partial charge in [-0.05, 0) is 36.6 Å². The molecule has 0 saturated carbocycles. The molecule has 0 fully saturated rings. The lowest BCUT2D eigenvalue weighted by Crippen LogP contribution is -2.29. The molecule has 0 aliphatic carbocycles. The van der Waals surface area contributed by atoms with Crippen LogP contribution in [0, 0.1) is 6.92 Å². The van der Waals surface area contributed by atoms with Crippen molar-refractivity contribution in [1.82, 2.24) is 20.4 Å². The van der Waals surface area contributed by atoms with Gasteiger partial charge in [0.05, 0.1) is 5.69 Å². The number of nitrogens with one attached hydrogen (secondary N) is 2. The summed E-state index contributed by atoms with van der Waals surface area (Å²) in [6.45, 7) is 2.62. The number of aromatic nitrogens is 2. The lowest BCUT2D eigenvalue weighted by atomic mass is 10.1. The van der Waals surface area contributed by atoms with Crippen LogP contribution >= 0.6 is 0 Å². The van der Waals surface area contributed by atoms with Crippen molar-refractivity contribution in [2.75, 3.05) is 13.6 Å². The Bertz CT molecular complexity index is 964. The van der Waals surface area contributed by atoms with Crippen LogP contribution < -0.4 is 10.6 Å². The van der Waals surface area contributed by atoms with Crippen molar-refractivity contribution in [3.8, 4) is 11.1 Å². The number of nitrogens with zero attached hydrogens (tertiary/aromatic N) is 2. The fourth-order valence-corrected chi connectivity index (χ4v) is 3.06. The normalized spacial score (nSPS) is 10.5. The molecule has 0 bridgehead atoms. The zero-order valence-corrected chi connectivity index (χ0v) is 16.1. The molecule has 0 radical (unpaired) electrons. The van der Waals surface area contributed by atoms with Crippen LogP contribution in [0.15, 0.2) is 60.8 Å². The minimum atomic E-state index is -0.117. The number of benzene rings is 2. The third-order valence-corrected chi connectivity index (χ3v) is 4.49. The maximum absolute atomic E-state index is 12.2. The lowest BCUT2D eigenvalue weighted by Gasteiger charge is -2.07. The van der Waals surface area contributed by atoms with Gasteiger partial charge in [0.2, 0.25) is 5.91 Å². The van der Waals surface area contributed by atoms with Crippen LogP contribution in [0.3, 0.4) is 0 Å². The Morgan fingerprint density at radius 1 is 1.07 bits per heavy atom. The van der Waals surface area contributed by atoms with Crippen LogP contribution in [0.1, 0.15) is 21.6 Å². The zero-order chi connectivity index (χ0) is 19.9. The van der Waals surface area contributed by atoms with Crippen molar-refractivity contribution in [2.24, 2.45) is 0 Å². The van der Waals surface area contributed by atoms with E-state index in [-0.39, 0.29) is 18.4 Å². The summed E-state index contributed by atoms with van der Waals surface area (Å²) in [7, 11) is 1.61. The van der Waals surface area contributed by atoms with E-state index in [1.165, 1.54) is 0 Å². The maximum atomic E-state index is 12.2. The fraction of sp³-hybridized carbons (Fsp3) is 0.227. The minimum absolute atomic E-state index is 0.0930. The van der Waals surface area contributed by atoms with E-state index in [1.807, 2.05) is 61.7 Å². The fourth-order valence-electron chi connectivity index (χ4n) is 3.06. The largest absolute Gasteiger partial charge is 0.355 e. The van der Waals surface area contributed by atoms with E-state index in [0.29, 0.717) is 18.5 Å². The van der Waals surface area contributed by atoms with Gasteiger partial charge in [0.15, 0.2) is 0 Å². The highest BCUT2D eigenvalue weighted by Crippen LogP contribution is 2.21. The second-order valence-electron chi connectivity index (χ2n) is 6.57. The highest BCUT2D eigenvalue weighted by Gasteiger charge is 2.10. The average Bonchev–Trinajstić information content (AvgIpc) is 3.08. The molecule has 1 aromatic heterocycles. The first-order valence-electron chi connectivity index (χ1n) is 9.24. The van der Waals surface area contributed by atoms with Gasteiger partial charge in [-0.3, -0.25) is 14.3 Å². The van der Waals surface area contributed by atoms with Gasteiger partial charge in [-0.15, -0.1) is 0 Å². The SMILES string of the molecule is CNC(=O)c1cccc(CCNC(=O)Cn2cc(-c3ccccc3)c(C)n2)c1. The summed E-state index contributed by atoms with van der Waals surface area (Å²) >= 11 is 0. The Balaban J connectivity index is 1.53. The zero-order valence-electron chi connectivity index (χ0n) is 16.1. The molecule has 3 aromatic rings. The van der Waals surface area contributed by atoms with Gasteiger partial charge in [-0.2, -0.15) is 5.10 Å². The summed E-state index contributed by atoms with van der Waals surface area (Å²) in [4.78, 5) is 23.9. The van der Waals surface area contributed by atoms with Gasteiger partial charge in [-0.1, -0.05) is 42.5 Å². The molecule has 2 aromatic carbocycles. The number of aryl methyl sites for hydroxylation is 1. The topological polar surface area (TPSA) is 76.0 Å². The highest BCUT2D eigenvalue weighted by molar-refractivity contribution is 5.94. The van der Waals surface area contributed by atoms with Gasteiger partial charge < -0.3 is 10.6 Å². The van der Waals surface area contributed by atoms with Gasteiger partial charge in [-0.25, -0.2) is 0 Å². The monoisotopic (exact) mass is 376 g/mol. The predicted molar refractivity (Wildman–Crippen MR) is 109 cm³/mol. The van der Waals surface area contributed by atoms with Crippen LogP contribution in [0.25, 0.3) is 11.1 Å². The van der Waals surface area contributed by atoms with Gasteiger partial charge >= 0.3 is 0 Å². The molecule has 2 N–H and O–H groups in total. The molecule has 6 heteroatoms. The standard InChI is InChI=1S/C22H24N4O2/c1-16-20(18-8-4-3-5-9-18)14-26(25-16)15-21(27)24-12-11-17-7-6-10-19(13-17)22(28)23-2/h3-10,13-14H,11-12,15H2,1-2H3,(H,23,28)(H,24,27). The molecular weight excluding hydrogens is 352 g/mol. The first kappa shape index (κ1) is 19.4. The molecule has 0 atom stereocenters. The van der Waals surface area contributed by atoms with E-state index >= 15 is 0 Å². The summed E-state index contributed by atoms with van der Waals surface area (Å²) < 4.78 is 1.67. The Hall–Kier alpha value is -3.41. The number of hydrogen-bond acceptors (Lipinski definition) is 3. The van der Waals surface area contributed by atoms with Crippen LogP contribution in [-0.4, -0.2) is 35.2 Å². The van der Waals surface area contributed by atoms with E-state index in [1.54, 1.807) is 17.8 Å². The van der Waals surface area contributed by atoms with E-state index in [4.69, 9.17) is 0 Å². The minimum Gasteiger partial charge on any atom is -0.355 e. The van der Waals surface area contributed by atoms with Crippen molar-refractivity contribution in [2.45, 2.75) is 19.9 Å². The van der Waals surface area contributed by atoms with Crippen molar-refractivity contribution < 1.29 is 9.59 Å². The van der Waals surface area contributed by atoms with Crippen molar-refractivity contribution in [3.05, 3.63) is 77.6 Å². The first-order chi connectivity index (χ1) is 13.6. The smallest absolute Gasteiger partial charge is 0.251 e. The summed E-state index contributed by atoms with van der Waals surface area (Å²) in [6, 6.07) is 17.4. The molecular formula is C22H24N4O2. The van der Waals surface area contributed by atoms with Gasteiger partial charge in [0, 0.05) is 30.9 Å². The lowest BCUT2D eigenvalue weighted by molar-refractivity contribution is -0.121. The molecule has 0 saturated heterocycles. The average molecular weight is 376 g/mol. The molecule has 0 unspecified atom stereocenters. The van der Waals surface area contributed by atoms with Crippen LogP contribution in [0.4, 0.5) is 0 Å². The summed E-state index contributed by atoms with van der Waals surface area (Å²) in [5, 5.41) is 9.97. The molecule has 3 rings (SSSR count). The van der Waals surface area contributed by atoms with E-state index in [9.17, 15) is 9.59 Å². The molecule has 1 heterocycles. The number of carbonyl (C=O) groups is 2. The quantitative estimate of drug-likeness (QED) is 0.665. The van der Waals surface area contributed by atoms with Crippen molar-refractivity contribution in [3.63, 3.8) is 0 Å². The van der Waals surface area contributed by atoms with Crippen LogP contribution in [0.2, 0.25) is 0 Å². The summed E-state index contributed by atoms with van der Waals surface area (Å²) in [5.41, 5.74) is 4.63. The first-order valence-corrected chi connectivity index (χ1v) is 9.24. The highest BCUT2D eigenvalue weighted by atomic mass is 16.2. The molecule has 0 aliphatic heterocycles. The van der Waals surface area contributed by atoms with E-state index in [2.05, 4.69) is 15.7 Å². The third kappa shape index (κ3) is 4.85. The van der Waals surface area contributed by atoms with Crippen LogP contribution in [0.5, 0.6) is 0 Å². The molecule has 6 nitrogen and oxygen atoms in total. The molecule has 0 aliphatic rings. The molecule has 28 heavy (non-hydrogen) atoms. The Morgan fingerprint density at radius 3 is 2.61 bits per heavy atom. The number of amides is 2. The Labute approximate surface area is 164 Å². The Kier molecular flexibility index (Phi) is 6.22. The van der Waals surface area contributed by atoms with Gasteiger partial charge in [0.1, 0.15) is 6.54 Å². The molecule has 144 valence electrons. The second-order valence-corrected chi connectivity index (χ2v) is 6.57. The van der Waals surface area contributed by atoms with Crippen molar-refractivity contribution in [1.29, 1.82) is 0 Å². The second kappa shape index (κ2) is 8.99. The summed E-state index contributed by atoms with van der Waals surface area (Å²) in [6.07, 6.45) is 2.56. The maximum Gasteiger partial charge on any atom is 0.251 e. The predicted octanol–water partition coefficient (Wildman–Crippen LogP) is 2.58. The number of hydrogen-bond donors (Lipinski definition) is 2.